The van der Waals surface area contributed by atoms with Crippen LogP contribution in [-0.4, -0.2) is 11.2 Å². The minimum absolute atomic E-state index is 0.425. The number of halogens is 1. The molecule has 1 aliphatic carbocycles. The summed E-state index contributed by atoms with van der Waals surface area (Å²) in [5, 5.41) is 7.42. The van der Waals surface area contributed by atoms with Crippen LogP contribution >= 0.6 is 15.9 Å². The third-order valence-electron chi connectivity index (χ3n) is 3.24. The van der Waals surface area contributed by atoms with E-state index in [2.05, 4.69) is 32.5 Å². The van der Waals surface area contributed by atoms with Crippen molar-refractivity contribution in [3.63, 3.8) is 0 Å². The Balaban J connectivity index is 1.61. The molecule has 0 saturated heterocycles. The number of aromatic nitrogens is 1. The van der Waals surface area contributed by atoms with Crippen LogP contribution in [0.5, 0.6) is 5.75 Å². The smallest absolute Gasteiger partial charge is 0.134 e. The molecule has 4 nitrogen and oxygen atoms in total. The van der Waals surface area contributed by atoms with Gasteiger partial charge in [0.1, 0.15) is 23.8 Å². The molecule has 2 aromatic rings. The number of benzene rings is 1. The minimum atomic E-state index is 0.425. The zero-order valence-corrected chi connectivity index (χ0v) is 12.9. The van der Waals surface area contributed by atoms with Gasteiger partial charge in [-0.15, -0.1) is 0 Å². The summed E-state index contributed by atoms with van der Waals surface area (Å²) >= 11 is 3.58. The number of nitrogens with zero attached hydrogens (tertiary/aromatic N) is 1. The van der Waals surface area contributed by atoms with Crippen LogP contribution in [0.15, 0.2) is 33.3 Å². The highest BCUT2D eigenvalue weighted by atomic mass is 79.9. The number of hydrogen-bond acceptors (Lipinski definition) is 4. The van der Waals surface area contributed by atoms with E-state index in [1.54, 1.807) is 0 Å². The molecule has 1 fully saturated rings. The normalized spacial score (nSPS) is 14.5. The summed E-state index contributed by atoms with van der Waals surface area (Å²) in [6.07, 6.45) is 2.58. The van der Waals surface area contributed by atoms with Crippen molar-refractivity contribution in [3.05, 3.63) is 45.8 Å². The average molecular weight is 337 g/mol. The van der Waals surface area contributed by atoms with E-state index in [9.17, 15) is 0 Å². The van der Waals surface area contributed by atoms with Crippen molar-refractivity contribution >= 4 is 15.9 Å². The molecule has 5 heteroatoms. The topological polar surface area (TPSA) is 47.3 Å². The average Bonchev–Trinajstić information content (AvgIpc) is 3.18. The summed E-state index contributed by atoms with van der Waals surface area (Å²) in [7, 11) is 0. The number of hydrogen-bond donors (Lipinski definition) is 1. The predicted octanol–water partition coefficient (Wildman–Crippen LogP) is 3.58. The molecular weight excluding hydrogens is 320 g/mol. The Labute approximate surface area is 126 Å². The molecule has 0 bridgehead atoms. The van der Waals surface area contributed by atoms with Crippen LogP contribution in [0, 0.1) is 6.92 Å². The SMILES string of the molecule is Cc1cc(COc2ccc(Br)c(CNC3CC3)c2)no1. The van der Waals surface area contributed by atoms with E-state index < -0.39 is 0 Å². The highest BCUT2D eigenvalue weighted by molar-refractivity contribution is 9.10. The van der Waals surface area contributed by atoms with Gasteiger partial charge in [-0.3, -0.25) is 0 Å². The fourth-order valence-corrected chi connectivity index (χ4v) is 2.35. The third-order valence-corrected chi connectivity index (χ3v) is 4.01. The van der Waals surface area contributed by atoms with Crippen molar-refractivity contribution < 1.29 is 9.26 Å². The van der Waals surface area contributed by atoms with Gasteiger partial charge in [-0.1, -0.05) is 21.1 Å². The fraction of sp³-hybridized carbons (Fsp3) is 0.400. The Morgan fingerprint density at radius 2 is 2.25 bits per heavy atom. The van der Waals surface area contributed by atoms with Crippen molar-refractivity contribution in [2.24, 2.45) is 0 Å². The number of aryl methyl sites for hydroxylation is 1. The van der Waals surface area contributed by atoms with E-state index in [1.165, 1.54) is 18.4 Å². The first kappa shape index (κ1) is 13.6. The summed E-state index contributed by atoms with van der Waals surface area (Å²) in [5.41, 5.74) is 2.02. The van der Waals surface area contributed by atoms with Gasteiger partial charge >= 0.3 is 0 Å². The van der Waals surface area contributed by atoms with Crippen LogP contribution in [0.3, 0.4) is 0 Å². The Hall–Kier alpha value is -1.33. The van der Waals surface area contributed by atoms with Gasteiger partial charge in [-0.05, 0) is 43.5 Å². The van der Waals surface area contributed by atoms with Gasteiger partial charge < -0.3 is 14.6 Å². The van der Waals surface area contributed by atoms with Crippen LogP contribution in [0.1, 0.15) is 29.9 Å². The Morgan fingerprint density at radius 1 is 1.40 bits per heavy atom. The standard InChI is InChI=1S/C15H17BrN2O2/c1-10-6-13(18-20-10)9-19-14-4-5-15(16)11(7-14)8-17-12-2-3-12/h4-7,12,17H,2-3,8-9H2,1H3. The molecule has 20 heavy (non-hydrogen) atoms. The molecule has 0 radical (unpaired) electrons. The predicted molar refractivity (Wildman–Crippen MR) is 79.6 cm³/mol. The Morgan fingerprint density at radius 3 is 2.95 bits per heavy atom. The van der Waals surface area contributed by atoms with Gasteiger partial charge in [0, 0.05) is 23.1 Å². The van der Waals surface area contributed by atoms with Crippen molar-refractivity contribution in [2.75, 3.05) is 0 Å². The summed E-state index contributed by atoms with van der Waals surface area (Å²) in [6, 6.07) is 8.62. The minimum Gasteiger partial charge on any atom is -0.487 e. The number of nitrogens with one attached hydrogen (secondary N) is 1. The molecule has 1 N–H and O–H groups in total. The van der Waals surface area contributed by atoms with Gasteiger partial charge in [0.05, 0.1) is 0 Å². The lowest BCUT2D eigenvalue weighted by atomic mass is 10.2. The van der Waals surface area contributed by atoms with Gasteiger partial charge in [0.25, 0.3) is 0 Å². The molecule has 3 rings (SSSR count). The first-order chi connectivity index (χ1) is 9.70. The molecule has 1 aromatic carbocycles. The Kier molecular flexibility index (Phi) is 4.08. The zero-order chi connectivity index (χ0) is 13.9. The van der Waals surface area contributed by atoms with E-state index >= 15 is 0 Å². The van der Waals surface area contributed by atoms with Gasteiger partial charge in [-0.25, -0.2) is 0 Å². The maximum atomic E-state index is 5.75. The van der Waals surface area contributed by atoms with Crippen molar-refractivity contribution in [3.8, 4) is 5.75 Å². The lowest BCUT2D eigenvalue weighted by Gasteiger charge is -2.09. The fourth-order valence-electron chi connectivity index (χ4n) is 1.96. The Bertz CT molecular complexity index is 593. The largest absolute Gasteiger partial charge is 0.487 e. The molecule has 0 amide bonds. The molecule has 1 aliphatic rings. The maximum absolute atomic E-state index is 5.75. The molecule has 1 heterocycles. The second kappa shape index (κ2) is 5.97. The third kappa shape index (κ3) is 3.61. The van der Waals surface area contributed by atoms with E-state index in [0.29, 0.717) is 12.6 Å². The van der Waals surface area contributed by atoms with Crippen LogP contribution in [0.25, 0.3) is 0 Å². The lowest BCUT2D eigenvalue weighted by molar-refractivity contribution is 0.287. The van der Waals surface area contributed by atoms with Gasteiger partial charge in [-0.2, -0.15) is 0 Å². The van der Waals surface area contributed by atoms with Crippen molar-refractivity contribution in [2.45, 2.75) is 39.0 Å². The monoisotopic (exact) mass is 336 g/mol. The summed E-state index contributed by atoms with van der Waals surface area (Å²) in [4.78, 5) is 0. The van der Waals surface area contributed by atoms with Crippen molar-refractivity contribution in [1.29, 1.82) is 0 Å². The van der Waals surface area contributed by atoms with Crippen LogP contribution in [0.4, 0.5) is 0 Å². The highest BCUT2D eigenvalue weighted by Crippen LogP contribution is 2.25. The second-order valence-electron chi connectivity index (χ2n) is 5.13. The molecule has 0 atom stereocenters. The van der Waals surface area contributed by atoms with E-state index in [4.69, 9.17) is 9.26 Å². The van der Waals surface area contributed by atoms with Crippen LogP contribution in [0.2, 0.25) is 0 Å². The first-order valence-electron chi connectivity index (χ1n) is 6.77. The lowest BCUT2D eigenvalue weighted by Crippen LogP contribution is -2.15. The molecule has 0 spiro atoms. The van der Waals surface area contributed by atoms with Crippen LogP contribution in [-0.2, 0) is 13.2 Å². The van der Waals surface area contributed by atoms with Gasteiger partial charge in [0.2, 0.25) is 0 Å². The molecule has 0 aliphatic heterocycles. The van der Waals surface area contributed by atoms with E-state index in [-0.39, 0.29) is 0 Å². The second-order valence-corrected chi connectivity index (χ2v) is 5.98. The highest BCUT2D eigenvalue weighted by Gasteiger charge is 2.20. The molecule has 1 saturated carbocycles. The zero-order valence-electron chi connectivity index (χ0n) is 11.4. The quantitative estimate of drug-likeness (QED) is 0.875. The number of ether oxygens (including phenoxy) is 1. The molecular formula is C15H17BrN2O2. The van der Waals surface area contributed by atoms with Crippen molar-refractivity contribution in [1.82, 2.24) is 10.5 Å². The molecule has 0 unspecified atom stereocenters. The first-order valence-corrected chi connectivity index (χ1v) is 7.57. The van der Waals surface area contributed by atoms with Gasteiger partial charge in [0.15, 0.2) is 0 Å². The maximum Gasteiger partial charge on any atom is 0.134 e. The van der Waals surface area contributed by atoms with Crippen LogP contribution < -0.4 is 10.1 Å². The number of rotatable bonds is 6. The summed E-state index contributed by atoms with van der Waals surface area (Å²) in [6.45, 7) is 3.16. The molecule has 1 aromatic heterocycles. The summed E-state index contributed by atoms with van der Waals surface area (Å²) < 4.78 is 11.9. The van der Waals surface area contributed by atoms with E-state index in [1.807, 2.05) is 25.1 Å². The van der Waals surface area contributed by atoms with E-state index in [0.717, 1.165) is 28.2 Å². The summed E-state index contributed by atoms with van der Waals surface area (Å²) in [5.74, 6) is 1.65. The molecule has 106 valence electrons.